The summed E-state index contributed by atoms with van der Waals surface area (Å²) >= 11 is 0. The van der Waals surface area contributed by atoms with Crippen LogP contribution in [-0.4, -0.2) is 51.3 Å². The van der Waals surface area contributed by atoms with Gasteiger partial charge in [0.05, 0.1) is 51.3 Å². The lowest BCUT2D eigenvalue weighted by Gasteiger charge is -2.33. The number of rotatable bonds is 6. The third kappa shape index (κ3) is 5.68. The lowest BCUT2D eigenvalue weighted by atomic mass is 9.96. The molecule has 4 nitrogen and oxygen atoms in total. The molecule has 0 aromatic carbocycles. The first-order valence-corrected chi connectivity index (χ1v) is 8.06. The molecule has 2 saturated heterocycles. The Bertz CT molecular complexity index is 263. The van der Waals surface area contributed by atoms with Crippen molar-refractivity contribution in [2.45, 2.75) is 58.3 Å². The van der Waals surface area contributed by atoms with Gasteiger partial charge in [0.1, 0.15) is 0 Å². The van der Waals surface area contributed by atoms with Crippen LogP contribution in [0.5, 0.6) is 0 Å². The van der Waals surface area contributed by atoms with Crippen LogP contribution in [-0.2, 0) is 18.9 Å². The Hall–Kier alpha value is -0.160. The minimum absolute atomic E-state index is 0.243. The van der Waals surface area contributed by atoms with Crippen LogP contribution >= 0.6 is 0 Å². The van der Waals surface area contributed by atoms with Crippen LogP contribution < -0.4 is 0 Å². The van der Waals surface area contributed by atoms with Crippen molar-refractivity contribution in [1.82, 2.24) is 0 Å². The van der Waals surface area contributed by atoms with Gasteiger partial charge in [-0.15, -0.1) is 0 Å². The highest BCUT2D eigenvalue weighted by Crippen LogP contribution is 2.23. The summed E-state index contributed by atoms with van der Waals surface area (Å²) in [5.74, 6) is 1.24. The lowest BCUT2D eigenvalue weighted by Crippen LogP contribution is -2.38. The maximum absolute atomic E-state index is 6.16. The molecule has 0 aliphatic carbocycles. The van der Waals surface area contributed by atoms with Gasteiger partial charge in [-0.3, -0.25) is 0 Å². The van der Waals surface area contributed by atoms with E-state index >= 15 is 0 Å². The molecule has 0 radical (unpaired) electrons. The first-order chi connectivity index (χ1) is 9.63. The molecule has 118 valence electrons. The van der Waals surface area contributed by atoms with E-state index < -0.39 is 0 Å². The van der Waals surface area contributed by atoms with Crippen LogP contribution in [0.15, 0.2) is 0 Å². The lowest BCUT2D eigenvalue weighted by molar-refractivity contribution is -0.150. The molecular weight excluding hydrogens is 256 g/mol. The second-order valence-electron chi connectivity index (χ2n) is 6.69. The molecule has 0 amide bonds. The maximum atomic E-state index is 6.16. The van der Waals surface area contributed by atoms with Crippen molar-refractivity contribution in [3.63, 3.8) is 0 Å². The molecule has 0 aromatic heterocycles. The van der Waals surface area contributed by atoms with E-state index in [1.54, 1.807) is 0 Å². The Morgan fingerprint density at radius 3 is 2.10 bits per heavy atom. The first kappa shape index (κ1) is 16.2. The van der Waals surface area contributed by atoms with Gasteiger partial charge in [-0.05, 0) is 31.1 Å². The summed E-state index contributed by atoms with van der Waals surface area (Å²) in [7, 11) is 0. The maximum Gasteiger partial charge on any atom is 0.0816 e. The molecule has 0 N–H and O–H groups in total. The normalized spacial score (nSPS) is 33.3. The fourth-order valence-electron chi connectivity index (χ4n) is 3.12. The summed E-state index contributed by atoms with van der Waals surface area (Å²) in [5.41, 5.74) is 0. The van der Waals surface area contributed by atoms with E-state index in [0.29, 0.717) is 11.8 Å². The molecule has 0 saturated carbocycles. The molecule has 0 bridgehead atoms. The minimum atomic E-state index is 0.243. The van der Waals surface area contributed by atoms with Crippen molar-refractivity contribution in [1.29, 1.82) is 0 Å². The molecule has 2 fully saturated rings. The largest absolute Gasteiger partial charge is 0.376 e. The summed E-state index contributed by atoms with van der Waals surface area (Å²) in [6.45, 7) is 10.4. The molecule has 2 aliphatic rings. The molecule has 2 rings (SSSR count). The average Bonchev–Trinajstić information content (AvgIpc) is 2.39. The fraction of sp³-hybridized carbons (Fsp3) is 1.00. The second kappa shape index (κ2) is 8.32. The molecule has 2 heterocycles. The van der Waals surface area contributed by atoms with Crippen molar-refractivity contribution >= 4 is 0 Å². The summed E-state index contributed by atoms with van der Waals surface area (Å²) in [6, 6.07) is 0. The average molecular weight is 286 g/mol. The van der Waals surface area contributed by atoms with E-state index in [9.17, 15) is 0 Å². The SMILES string of the molecule is CC(C)C[C@H]1COCC(CC(C)C[C@@H]2COCCO2)O1. The summed E-state index contributed by atoms with van der Waals surface area (Å²) in [4.78, 5) is 0. The summed E-state index contributed by atoms with van der Waals surface area (Å²) in [5, 5.41) is 0. The smallest absolute Gasteiger partial charge is 0.0816 e. The van der Waals surface area contributed by atoms with Crippen LogP contribution in [0.3, 0.4) is 0 Å². The van der Waals surface area contributed by atoms with E-state index in [-0.39, 0.29) is 18.3 Å². The van der Waals surface area contributed by atoms with Crippen LogP contribution in [0.4, 0.5) is 0 Å². The monoisotopic (exact) mass is 286 g/mol. The molecule has 0 spiro atoms. The van der Waals surface area contributed by atoms with Crippen LogP contribution in [0.25, 0.3) is 0 Å². The fourth-order valence-corrected chi connectivity index (χ4v) is 3.12. The van der Waals surface area contributed by atoms with Crippen molar-refractivity contribution in [3.05, 3.63) is 0 Å². The van der Waals surface area contributed by atoms with Crippen molar-refractivity contribution in [2.24, 2.45) is 11.8 Å². The molecule has 20 heavy (non-hydrogen) atoms. The zero-order chi connectivity index (χ0) is 14.4. The van der Waals surface area contributed by atoms with Crippen molar-refractivity contribution in [3.8, 4) is 0 Å². The Kier molecular flexibility index (Phi) is 6.75. The number of ether oxygens (including phenoxy) is 4. The van der Waals surface area contributed by atoms with E-state index in [1.807, 2.05) is 0 Å². The zero-order valence-electron chi connectivity index (χ0n) is 13.2. The summed E-state index contributed by atoms with van der Waals surface area (Å²) < 4.78 is 23.0. The van der Waals surface area contributed by atoms with Gasteiger partial charge in [-0.1, -0.05) is 20.8 Å². The second-order valence-corrected chi connectivity index (χ2v) is 6.69. The van der Waals surface area contributed by atoms with Crippen LogP contribution in [0.2, 0.25) is 0 Å². The molecule has 4 atom stereocenters. The van der Waals surface area contributed by atoms with Gasteiger partial charge >= 0.3 is 0 Å². The number of hydrogen-bond acceptors (Lipinski definition) is 4. The molecular formula is C16H30O4. The number of hydrogen-bond donors (Lipinski definition) is 0. The van der Waals surface area contributed by atoms with Gasteiger partial charge in [0, 0.05) is 0 Å². The van der Waals surface area contributed by atoms with Crippen LogP contribution in [0.1, 0.15) is 40.0 Å². The quantitative estimate of drug-likeness (QED) is 0.752. The molecule has 2 unspecified atom stereocenters. The van der Waals surface area contributed by atoms with Gasteiger partial charge in [-0.25, -0.2) is 0 Å². The molecule has 2 aliphatic heterocycles. The van der Waals surface area contributed by atoms with Gasteiger partial charge in [0.2, 0.25) is 0 Å². The third-order valence-corrected chi connectivity index (χ3v) is 3.94. The Labute approximate surface area is 123 Å². The predicted octanol–water partition coefficient (Wildman–Crippen LogP) is 2.65. The molecule has 0 aromatic rings. The van der Waals surface area contributed by atoms with E-state index in [2.05, 4.69) is 20.8 Å². The van der Waals surface area contributed by atoms with E-state index in [4.69, 9.17) is 18.9 Å². The van der Waals surface area contributed by atoms with Crippen molar-refractivity contribution < 1.29 is 18.9 Å². The van der Waals surface area contributed by atoms with E-state index in [0.717, 1.165) is 52.3 Å². The third-order valence-electron chi connectivity index (χ3n) is 3.94. The van der Waals surface area contributed by atoms with Gasteiger partial charge in [0.15, 0.2) is 0 Å². The Morgan fingerprint density at radius 1 is 0.800 bits per heavy atom. The predicted molar refractivity (Wildman–Crippen MR) is 77.9 cm³/mol. The highest BCUT2D eigenvalue weighted by molar-refractivity contribution is 4.74. The Balaban J connectivity index is 1.68. The van der Waals surface area contributed by atoms with Gasteiger partial charge in [-0.2, -0.15) is 0 Å². The first-order valence-electron chi connectivity index (χ1n) is 8.06. The highest BCUT2D eigenvalue weighted by atomic mass is 16.6. The van der Waals surface area contributed by atoms with Gasteiger partial charge in [0.25, 0.3) is 0 Å². The topological polar surface area (TPSA) is 36.9 Å². The zero-order valence-corrected chi connectivity index (χ0v) is 13.2. The Morgan fingerprint density at radius 2 is 1.45 bits per heavy atom. The van der Waals surface area contributed by atoms with Gasteiger partial charge < -0.3 is 18.9 Å². The minimum Gasteiger partial charge on any atom is -0.376 e. The van der Waals surface area contributed by atoms with Crippen molar-refractivity contribution in [2.75, 3.05) is 33.0 Å². The standard InChI is InChI=1S/C16H30O4/c1-12(2)6-15-10-18-11-16(20-15)8-13(3)7-14-9-17-4-5-19-14/h12-16H,4-11H2,1-3H3/t13?,14-,15+,16?/m1/s1. The highest BCUT2D eigenvalue weighted by Gasteiger charge is 2.26. The summed E-state index contributed by atoms with van der Waals surface area (Å²) in [6.07, 6.45) is 3.96. The van der Waals surface area contributed by atoms with E-state index in [1.165, 1.54) is 0 Å². The van der Waals surface area contributed by atoms with Crippen LogP contribution in [0, 0.1) is 11.8 Å². The molecule has 4 heteroatoms.